The molecule has 0 radical (unpaired) electrons. The standard InChI is InChI=1S/C24H12BClN6/c26-25-30-19-13-7-1-2-8-14(13)20(30)28-22-17-11-5-6-12-18(17)24(32(22)25)29-23-16-10-4-3-9-15(16)21(27-19)31(23)25/h1-12H. The molecule has 1 unspecified atom stereocenters. The highest BCUT2D eigenvalue weighted by Gasteiger charge is 2.54. The molecule has 8 heteroatoms. The average Bonchev–Trinajstić information content (AvgIpc) is 3.45. The third-order valence-corrected chi connectivity index (χ3v) is 7.80. The van der Waals surface area contributed by atoms with Gasteiger partial charge in [-0.15, -0.1) is 0 Å². The van der Waals surface area contributed by atoms with Gasteiger partial charge in [-0.25, -0.2) is 4.99 Å². The number of rotatable bonds is 0. The third kappa shape index (κ3) is 1.42. The lowest BCUT2D eigenvalue weighted by Crippen LogP contribution is -2.68. The minimum absolute atomic E-state index is 0.855. The number of aromatic nitrogens is 2. The van der Waals surface area contributed by atoms with Crippen molar-refractivity contribution in [1.29, 1.82) is 0 Å². The van der Waals surface area contributed by atoms with Gasteiger partial charge in [-0.1, -0.05) is 58.5 Å². The van der Waals surface area contributed by atoms with Gasteiger partial charge in [-0.05, 0) is 24.3 Å². The Morgan fingerprint density at radius 2 is 1.19 bits per heavy atom. The van der Waals surface area contributed by atoms with Crippen molar-refractivity contribution in [3.63, 3.8) is 0 Å². The Labute approximate surface area is 185 Å². The molecule has 0 bridgehead atoms. The van der Waals surface area contributed by atoms with Crippen LogP contribution in [0.15, 0.2) is 87.8 Å². The summed E-state index contributed by atoms with van der Waals surface area (Å²) < 4.78 is 6.39. The van der Waals surface area contributed by atoms with Crippen LogP contribution in [0.2, 0.25) is 0 Å². The van der Waals surface area contributed by atoms with E-state index in [0.717, 1.165) is 67.0 Å². The van der Waals surface area contributed by atoms with Gasteiger partial charge in [0.1, 0.15) is 11.3 Å². The largest absolute Gasteiger partial charge is 0.460 e. The molecule has 0 saturated carbocycles. The number of nitrogens with zero attached hydrogens (tertiary/aromatic N) is 6. The van der Waals surface area contributed by atoms with E-state index in [9.17, 15) is 0 Å². The highest BCUT2D eigenvalue weighted by Crippen LogP contribution is 2.47. The quantitative estimate of drug-likeness (QED) is 0.338. The van der Waals surface area contributed by atoms with Crippen molar-refractivity contribution in [3.05, 3.63) is 94.9 Å². The zero-order valence-corrected chi connectivity index (χ0v) is 17.3. The molecule has 32 heavy (non-hydrogen) atoms. The van der Waals surface area contributed by atoms with Crippen LogP contribution in [-0.4, -0.2) is 31.1 Å². The van der Waals surface area contributed by atoms with Crippen molar-refractivity contribution in [3.8, 4) is 0 Å². The van der Waals surface area contributed by atoms with E-state index in [1.807, 2.05) is 36.4 Å². The number of aliphatic imine (C=N–C) groups is 1. The molecule has 6 nitrogen and oxygen atoms in total. The highest BCUT2D eigenvalue weighted by atomic mass is 35.5. The molecule has 0 N–H and O–H groups in total. The van der Waals surface area contributed by atoms with E-state index in [1.54, 1.807) is 0 Å². The Balaban J connectivity index is 1.66. The van der Waals surface area contributed by atoms with Gasteiger partial charge in [0.15, 0.2) is 11.3 Å². The Morgan fingerprint density at radius 1 is 0.625 bits per heavy atom. The van der Waals surface area contributed by atoms with E-state index >= 15 is 0 Å². The van der Waals surface area contributed by atoms with Gasteiger partial charge in [0.05, 0.1) is 11.1 Å². The summed E-state index contributed by atoms with van der Waals surface area (Å²) in [7, 11) is 0. The molecule has 0 spiro atoms. The Morgan fingerprint density at radius 3 is 1.91 bits per heavy atom. The van der Waals surface area contributed by atoms with Crippen LogP contribution in [0, 0.1) is 0 Å². The zero-order valence-electron chi connectivity index (χ0n) is 16.6. The van der Waals surface area contributed by atoms with Gasteiger partial charge >= 0.3 is 5.97 Å². The van der Waals surface area contributed by atoms with E-state index in [2.05, 4.69) is 49.8 Å². The summed E-state index contributed by atoms with van der Waals surface area (Å²) in [5.41, 5.74) is 3.83. The van der Waals surface area contributed by atoms with Crippen molar-refractivity contribution in [2.45, 2.75) is 0 Å². The van der Waals surface area contributed by atoms with Crippen molar-refractivity contribution in [2.75, 3.05) is 0 Å². The number of amidine groups is 2. The van der Waals surface area contributed by atoms with E-state index in [-0.39, 0.29) is 0 Å². The first-order valence-electron chi connectivity index (χ1n) is 10.7. The molecule has 148 valence electrons. The number of hydrogen-bond acceptors (Lipinski definition) is 3. The van der Waals surface area contributed by atoms with Gasteiger partial charge in [0.25, 0.3) is 0 Å². The summed E-state index contributed by atoms with van der Waals surface area (Å²) in [6, 6.07) is 24.9. The van der Waals surface area contributed by atoms with E-state index < -0.39 is 5.97 Å². The fraction of sp³-hybridized carbons (Fsp3) is 0. The first-order chi connectivity index (χ1) is 15.8. The number of benzene rings is 3. The first-order valence-corrected chi connectivity index (χ1v) is 11.1. The Hall–Kier alpha value is -3.97. The maximum absolute atomic E-state index is 7.84. The SMILES string of the molecule is Cl[B-]12n3c4c5ccccc5c3N=c3c5ccccc5c(n31)=NC1=[N+]2C(=N4)c2ccccc21. The van der Waals surface area contributed by atoms with Crippen molar-refractivity contribution in [1.82, 2.24) is 8.96 Å². The molecular weight excluding hydrogens is 419 g/mol. The fourth-order valence-electron chi connectivity index (χ4n) is 5.96. The van der Waals surface area contributed by atoms with Crippen molar-refractivity contribution < 1.29 is 4.49 Å². The smallest absolute Gasteiger partial charge is 0.405 e. The molecule has 0 saturated heterocycles. The van der Waals surface area contributed by atoms with Gasteiger partial charge in [0, 0.05) is 21.5 Å². The molecule has 5 aromatic rings. The number of fused-ring (bicyclic) bond motifs is 9. The molecule has 2 aromatic heterocycles. The normalized spacial score (nSPS) is 20.7. The summed E-state index contributed by atoms with van der Waals surface area (Å²) in [5.74, 6) is 1.41. The average molecular weight is 431 g/mol. The highest BCUT2D eigenvalue weighted by molar-refractivity contribution is 7.15. The molecule has 0 amide bonds. The van der Waals surface area contributed by atoms with Crippen LogP contribution < -0.4 is 11.0 Å². The van der Waals surface area contributed by atoms with Gasteiger partial charge < -0.3 is 13.4 Å². The molecular formula is C24H12BClN6. The lowest BCUT2D eigenvalue weighted by Gasteiger charge is -2.43. The summed E-state index contributed by atoms with van der Waals surface area (Å²) in [6.45, 7) is 0. The number of hydrogen-bond donors (Lipinski definition) is 0. The van der Waals surface area contributed by atoms with Crippen LogP contribution in [0.1, 0.15) is 11.1 Å². The minimum Gasteiger partial charge on any atom is -0.405 e. The van der Waals surface area contributed by atoms with Crippen molar-refractivity contribution >= 4 is 62.3 Å². The Bertz CT molecular complexity index is 1960. The van der Waals surface area contributed by atoms with Crippen LogP contribution >= 0.6 is 11.5 Å². The van der Waals surface area contributed by atoms with E-state index in [4.69, 9.17) is 26.4 Å². The van der Waals surface area contributed by atoms with Crippen molar-refractivity contribution in [2.24, 2.45) is 15.0 Å². The topological polar surface area (TPSA) is 49.9 Å². The minimum atomic E-state index is -2.00. The second-order valence-electron chi connectivity index (χ2n) is 8.66. The maximum Gasteiger partial charge on any atom is 0.460 e. The summed E-state index contributed by atoms with van der Waals surface area (Å²) >= 11 is 7.84. The fourth-order valence-corrected chi connectivity index (χ4v) is 6.52. The molecule has 1 atom stereocenters. The predicted octanol–water partition coefficient (Wildman–Crippen LogP) is 3.43. The summed E-state index contributed by atoms with van der Waals surface area (Å²) in [4.78, 5) is 15.5. The van der Waals surface area contributed by atoms with E-state index in [0.29, 0.717) is 0 Å². The van der Waals surface area contributed by atoms with Gasteiger partial charge in [0.2, 0.25) is 11.7 Å². The predicted molar refractivity (Wildman–Crippen MR) is 125 cm³/mol. The first kappa shape index (κ1) is 15.8. The zero-order chi connectivity index (χ0) is 20.8. The monoisotopic (exact) mass is 430 g/mol. The molecule has 0 fully saturated rings. The molecule has 3 aromatic carbocycles. The molecule has 4 aliphatic rings. The molecule has 4 aliphatic heterocycles. The second-order valence-corrected chi connectivity index (χ2v) is 9.25. The molecule has 0 aliphatic carbocycles. The van der Waals surface area contributed by atoms with Crippen LogP contribution in [0.3, 0.4) is 0 Å². The van der Waals surface area contributed by atoms with Gasteiger partial charge in [-0.2, -0.15) is 0 Å². The second kappa shape index (κ2) is 4.76. The van der Waals surface area contributed by atoms with Gasteiger partial charge in [-0.3, -0.25) is 11.5 Å². The summed E-state index contributed by atoms with van der Waals surface area (Å²) in [5, 5.41) is 4.24. The third-order valence-electron chi connectivity index (χ3n) is 7.22. The molecule has 9 rings (SSSR count). The number of halogens is 1. The van der Waals surface area contributed by atoms with Crippen LogP contribution in [0.25, 0.3) is 21.5 Å². The van der Waals surface area contributed by atoms with Crippen LogP contribution in [-0.2, 0) is 0 Å². The lowest BCUT2D eigenvalue weighted by atomic mass is 9.85. The maximum atomic E-state index is 7.84. The molecule has 6 heterocycles. The lowest BCUT2D eigenvalue weighted by molar-refractivity contribution is -0.263. The van der Waals surface area contributed by atoms with Crippen LogP contribution in [0.5, 0.6) is 0 Å². The summed E-state index contributed by atoms with van der Waals surface area (Å²) in [6.07, 6.45) is 0. The van der Waals surface area contributed by atoms with E-state index in [1.165, 1.54) is 0 Å². The Kier molecular flexibility index (Phi) is 2.35. The van der Waals surface area contributed by atoms with Crippen LogP contribution in [0.4, 0.5) is 11.6 Å².